The first-order valence-corrected chi connectivity index (χ1v) is 14.0. The van der Waals surface area contributed by atoms with Gasteiger partial charge in [0.2, 0.25) is 5.82 Å². The summed E-state index contributed by atoms with van der Waals surface area (Å²) in [5.74, 6) is -0.722. The van der Waals surface area contributed by atoms with Crippen LogP contribution in [0.15, 0.2) is 110 Å². The van der Waals surface area contributed by atoms with Gasteiger partial charge in [-0.15, -0.1) is 0 Å². The topological polar surface area (TPSA) is 120 Å². The Bertz CT molecular complexity index is 2110. The van der Waals surface area contributed by atoms with E-state index in [0.717, 1.165) is 34.6 Å². The third kappa shape index (κ3) is 5.33. The van der Waals surface area contributed by atoms with E-state index in [0.29, 0.717) is 37.6 Å². The number of halogens is 1. The fourth-order valence-electron chi connectivity index (χ4n) is 4.92. The highest BCUT2D eigenvalue weighted by Gasteiger charge is 2.32. The summed E-state index contributed by atoms with van der Waals surface area (Å²) in [5.41, 5.74) is 2.54. The first-order valence-electron chi connectivity index (χ1n) is 13.2. The maximum atomic E-state index is 13.9. The molecule has 1 atom stereocenters. The molecule has 0 saturated heterocycles. The molecule has 0 fully saturated rings. The number of hydrogen-bond acceptors (Lipinski definition) is 7. The van der Waals surface area contributed by atoms with E-state index in [9.17, 15) is 24.1 Å². The molecule has 6 rings (SSSR count). The molecule has 0 spiro atoms. The van der Waals surface area contributed by atoms with Crippen molar-refractivity contribution >= 4 is 34.7 Å². The summed E-state index contributed by atoms with van der Waals surface area (Å²) in [6.07, 6.45) is 1.56. The number of nitrogens with one attached hydrogen (secondary N) is 1. The van der Waals surface area contributed by atoms with Crippen molar-refractivity contribution in [1.82, 2.24) is 4.57 Å². The van der Waals surface area contributed by atoms with Crippen LogP contribution in [-0.2, 0) is 4.79 Å². The van der Waals surface area contributed by atoms with Crippen LogP contribution in [0.1, 0.15) is 29.9 Å². The lowest BCUT2D eigenvalue weighted by Gasteiger charge is -2.25. The average Bonchev–Trinajstić information content (AvgIpc) is 3.57. The van der Waals surface area contributed by atoms with Crippen LogP contribution in [0, 0.1) is 22.9 Å². The number of carbonyl (C=O) groups is 1. The van der Waals surface area contributed by atoms with Crippen LogP contribution < -0.4 is 20.2 Å². The number of nitro benzene ring substituents is 1. The second-order valence-corrected chi connectivity index (χ2v) is 10.9. The Balaban J connectivity index is 1.43. The molecule has 3 aromatic carbocycles. The Hall–Kier alpha value is -5.42. The molecule has 0 bridgehead atoms. The van der Waals surface area contributed by atoms with Crippen molar-refractivity contribution in [3.05, 3.63) is 149 Å². The molecular weight excluding hydrogens is 571 g/mol. The number of fused-ring (bicyclic) bond motifs is 1. The lowest BCUT2D eigenvalue weighted by molar-refractivity contribution is -0.387. The lowest BCUT2D eigenvalue weighted by Crippen LogP contribution is -2.40. The number of aromatic nitrogens is 1. The van der Waals surface area contributed by atoms with Crippen molar-refractivity contribution in [3.63, 3.8) is 0 Å². The van der Waals surface area contributed by atoms with Crippen LogP contribution in [0.2, 0.25) is 0 Å². The van der Waals surface area contributed by atoms with E-state index in [2.05, 4.69) is 10.3 Å². The van der Waals surface area contributed by atoms with Gasteiger partial charge in [0.05, 0.1) is 26.8 Å². The Kier molecular flexibility index (Phi) is 7.16. The smallest absolute Gasteiger partial charge is 0.305 e. The number of nitro groups is 1. The summed E-state index contributed by atoms with van der Waals surface area (Å²) in [7, 11) is 0. The highest BCUT2D eigenvalue weighted by Crippen LogP contribution is 2.31. The van der Waals surface area contributed by atoms with Crippen molar-refractivity contribution in [2.24, 2.45) is 4.99 Å². The van der Waals surface area contributed by atoms with E-state index in [1.54, 1.807) is 37.3 Å². The average molecular weight is 595 g/mol. The zero-order chi connectivity index (χ0) is 30.2. The number of para-hydroxylation sites is 1. The summed E-state index contributed by atoms with van der Waals surface area (Å²) in [6, 6.07) is 22.7. The van der Waals surface area contributed by atoms with E-state index < -0.39 is 22.5 Å². The Morgan fingerprint density at radius 1 is 1.07 bits per heavy atom. The van der Waals surface area contributed by atoms with E-state index in [1.807, 2.05) is 49.4 Å². The standard InChI is InChI=1S/C32H23FN4O5S/c1-18-8-10-20(11-9-18)29-28(30(38)35-22-6-4-3-5-7-22)19(2)34-32-36(29)31(39)27(43-32)17-23-13-15-26(42-23)21-12-14-24(33)25(16-21)37(40)41/h3-17,29H,1-2H3,(H,35,38)/b27-17-/t29-/m1/s1. The van der Waals surface area contributed by atoms with Crippen LogP contribution in [-0.4, -0.2) is 15.4 Å². The van der Waals surface area contributed by atoms with Gasteiger partial charge in [0, 0.05) is 23.4 Å². The molecular formula is C32H23FN4O5S. The van der Waals surface area contributed by atoms with Crippen molar-refractivity contribution in [2.45, 2.75) is 19.9 Å². The molecule has 214 valence electrons. The lowest BCUT2D eigenvalue weighted by atomic mass is 9.94. The van der Waals surface area contributed by atoms with Gasteiger partial charge in [-0.2, -0.15) is 4.39 Å². The Labute approximate surface area is 247 Å². The van der Waals surface area contributed by atoms with Gasteiger partial charge >= 0.3 is 5.69 Å². The molecule has 43 heavy (non-hydrogen) atoms. The van der Waals surface area contributed by atoms with Crippen LogP contribution in [0.3, 0.4) is 0 Å². The largest absolute Gasteiger partial charge is 0.457 e. The number of benzene rings is 3. The number of nitrogens with zero attached hydrogens (tertiary/aromatic N) is 3. The second-order valence-electron chi connectivity index (χ2n) is 9.94. The number of aryl methyl sites for hydroxylation is 1. The zero-order valence-electron chi connectivity index (χ0n) is 22.9. The number of thiazole rings is 1. The highest BCUT2D eigenvalue weighted by molar-refractivity contribution is 7.07. The third-order valence-electron chi connectivity index (χ3n) is 7.02. The zero-order valence-corrected chi connectivity index (χ0v) is 23.7. The third-order valence-corrected chi connectivity index (χ3v) is 8.00. The fourth-order valence-corrected chi connectivity index (χ4v) is 5.94. The summed E-state index contributed by atoms with van der Waals surface area (Å²) >= 11 is 1.16. The maximum Gasteiger partial charge on any atom is 0.305 e. The van der Waals surface area contributed by atoms with Gasteiger partial charge in [-0.25, -0.2) is 4.99 Å². The summed E-state index contributed by atoms with van der Waals surface area (Å²) in [5, 5.41) is 14.1. The van der Waals surface area contributed by atoms with Crippen molar-refractivity contribution in [3.8, 4) is 11.3 Å². The van der Waals surface area contributed by atoms with Gasteiger partial charge in [0.15, 0.2) is 4.80 Å². The molecule has 1 aliphatic rings. The summed E-state index contributed by atoms with van der Waals surface area (Å²) in [4.78, 5) is 43.0. The molecule has 1 aliphatic heterocycles. The van der Waals surface area contributed by atoms with Crippen molar-refractivity contribution < 1.29 is 18.5 Å². The number of furan rings is 1. The molecule has 5 aromatic rings. The highest BCUT2D eigenvalue weighted by atomic mass is 32.1. The molecule has 2 aromatic heterocycles. The molecule has 3 heterocycles. The van der Waals surface area contributed by atoms with E-state index in [1.165, 1.54) is 10.6 Å². The monoisotopic (exact) mass is 594 g/mol. The van der Waals surface area contributed by atoms with E-state index in [4.69, 9.17) is 4.42 Å². The predicted molar refractivity (Wildman–Crippen MR) is 161 cm³/mol. The minimum atomic E-state index is -0.947. The fraction of sp³-hybridized carbons (Fsp3) is 0.0938. The van der Waals surface area contributed by atoms with Gasteiger partial charge in [0.25, 0.3) is 11.5 Å². The van der Waals surface area contributed by atoms with Gasteiger partial charge in [0.1, 0.15) is 11.5 Å². The van der Waals surface area contributed by atoms with Gasteiger partial charge in [-0.1, -0.05) is 59.4 Å². The molecule has 0 unspecified atom stereocenters. The molecule has 1 N–H and O–H groups in total. The number of rotatable bonds is 6. The first-order chi connectivity index (χ1) is 20.7. The second kappa shape index (κ2) is 11.1. The molecule has 0 aliphatic carbocycles. The first kappa shape index (κ1) is 27.7. The predicted octanol–water partition coefficient (Wildman–Crippen LogP) is 5.49. The minimum Gasteiger partial charge on any atom is -0.457 e. The summed E-state index contributed by atoms with van der Waals surface area (Å²) < 4.78 is 21.5. The van der Waals surface area contributed by atoms with Crippen LogP contribution in [0.25, 0.3) is 17.4 Å². The van der Waals surface area contributed by atoms with Crippen LogP contribution >= 0.6 is 11.3 Å². The van der Waals surface area contributed by atoms with Gasteiger partial charge in [-0.05, 0) is 55.8 Å². The molecule has 1 amide bonds. The van der Waals surface area contributed by atoms with Crippen molar-refractivity contribution in [2.75, 3.05) is 5.32 Å². The number of carbonyl (C=O) groups excluding carboxylic acids is 1. The maximum absolute atomic E-state index is 13.9. The van der Waals surface area contributed by atoms with E-state index >= 15 is 0 Å². The van der Waals surface area contributed by atoms with E-state index in [-0.39, 0.29) is 17.2 Å². The molecule has 0 radical (unpaired) electrons. The quantitative estimate of drug-likeness (QED) is 0.206. The van der Waals surface area contributed by atoms with Gasteiger partial charge in [-0.3, -0.25) is 24.3 Å². The molecule has 0 saturated carbocycles. The number of allylic oxidation sites excluding steroid dienone is 1. The van der Waals surface area contributed by atoms with Crippen LogP contribution in [0.5, 0.6) is 0 Å². The Morgan fingerprint density at radius 3 is 2.53 bits per heavy atom. The van der Waals surface area contributed by atoms with Gasteiger partial charge < -0.3 is 9.73 Å². The number of amides is 1. The minimum absolute atomic E-state index is 0.273. The number of anilines is 1. The summed E-state index contributed by atoms with van der Waals surface area (Å²) in [6.45, 7) is 3.71. The normalized spacial score (nSPS) is 14.8. The molecule has 9 nitrogen and oxygen atoms in total. The Morgan fingerprint density at radius 2 is 1.81 bits per heavy atom. The number of hydrogen-bond donors (Lipinski definition) is 1. The molecule has 11 heteroatoms. The van der Waals surface area contributed by atoms with Crippen LogP contribution in [0.4, 0.5) is 15.8 Å². The SMILES string of the molecule is CC1=C(C(=O)Nc2ccccc2)[C@@H](c2ccc(C)cc2)n2c(s/c(=C\c3ccc(-c4ccc(F)c([N+](=O)[O-])c4)o3)c2=O)=N1. The van der Waals surface area contributed by atoms with Crippen molar-refractivity contribution in [1.29, 1.82) is 0 Å².